The Hall–Kier alpha value is -1.94. The van der Waals surface area contributed by atoms with E-state index >= 15 is 0 Å². The molecule has 0 radical (unpaired) electrons. The summed E-state index contributed by atoms with van der Waals surface area (Å²) >= 11 is 0. The van der Waals surface area contributed by atoms with Crippen LogP contribution in [0.15, 0.2) is 36.5 Å². The summed E-state index contributed by atoms with van der Waals surface area (Å²) in [7, 11) is 0. The van der Waals surface area contributed by atoms with Crippen LogP contribution in [0, 0.1) is 5.92 Å². The summed E-state index contributed by atoms with van der Waals surface area (Å²) in [6, 6.07) is 10.0. The molecule has 22 heavy (non-hydrogen) atoms. The van der Waals surface area contributed by atoms with Crippen molar-refractivity contribution in [3.05, 3.63) is 42.1 Å². The molecular weight excluding hydrogens is 276 g/mol. The second-order valence-corrected chi connectivity index (χ2v) is 6.14. The highest BCUT2D eigenvalue weighted by atomic mass is 16.3. The predicted molar refractivity (Wildman–Crippen MR) is 86.3 cm³/mol. The number of pyridine rings is 1. The highest BCUT2D eigenvalue weighted by molar-refractivity contribution is 5.79. The van der Waals surface area contributed by atoms with Crippen LogP contribution in [0.25, 0.3) is 10.9 Å². The van der Waals surface area contributed by atoms with Crippen LogP contribution in [0.3, 0.4) is 0 Å². The Morgan fingerprint density at radius 1 is 1.41 bits per heavy atom. The van der Waals surface area contributed by atoms with E-state index in [1.807, 2.05) is 37.4 Å². The first-order valence-electron chi connectivity index (χ1n) is 7.99. The maximum atomic E-state index is 12.0. The van der Waals surface area contributed by atoms with Crippen molar-refractivity contribution in [1.29, 1.82) is 0 Å². The molecule has 1 aliphatic rings. The number of nitrogens with one attached hydrogen (secondary N) is 1. The summed E-state index contributed by atoms with van der Waals surface area (Å²) in [4.78, 5) is 16.5. The van der Waals surface area contributed by atoms with Crippen LogP contribution in [-0.4, -0.2) is 22.1 Å². The third kappa shape index (κ3) is 3.12. The van der Waals surface area contributed by atoms with E-state index in [2.05, 4.69) is 16.4 Å². The minimum atomic E-state index is -0.232. The fourth-order valence-electron chi connectivity index (χ4n) is 3.11. The van der Waals surface area contributed by atoms with E-state index < -0.39 is 0 Å². The van der Waals surface area contributed by atoms with E-state index in [0.717, 1.165) is 35.7 Å². The standard InChI is InChI=1S/C18H22N2O2/c1-2-5-17(22)20-18(13-9-15(21)10-13)14-8-12-6-3-4-7-16(12)19-11-14/h3-4,6-8,11,13,15,18,21H,2,5,9-10H2,1H3,(H,20,22)/t13?,15?,18-/m0/s1. The first-order valence-corrected chi connectivity index (χ1v) is 7.99. The minimum absolute atomic E-state index is 0.0560. The van der Waals surface area contributed by atoms with Crippen LogP contribution in [0.4, 0.5) is 0 Å². The molecule has 0 spiro atoms. The van der Waals surface area contributed by atoms with Gasteiger partial charge in [0.05, 0.1) is 17.7 Å². The number of carbonyl (C=O) groups is 1. The molecular formula is C18H22N2O2. The van der Waals surface area contributed by atoms with Crippen molar-refractivity contribution < 1.29 is 9.90 Å². The summed E-state index contributed by atoms with van der Waals surface area (Å²) < 4.78 is 0. The van der Waals surface area contributed by atoms with Gasteiger partial charge < -0.3 is 10.4 Å². The van der Waals surface area contributed by atoms with E-state index in [1.54, 1.807) is 0 Å². The summed E-state index contributed by atoms with van der Waals surface area (Å²) in [5.74, 6) is 0.362. The van der Waals surface area contributed by atoms with E-state index in [0.29, 0.717) is 12.3 Å². The Balaban J connectivity index is 1.87. The number of carbonyl (C=O) groups excluding carboxylic acids is 1. The number of aliphatic hydroxyl groups excluding tert-OH is 1. The Morgan fingerprint density at radius 3 is 2.91 bits per heavy atom. The Labute approximate surface area is 130 Å². The van der Waals surface area contributed by atoms with Gasteiger partial charge in [0.1, 0.15) is 0 Å². The number of aliphatic hydroxyl groups is 1. The van der Waals surface area contributed by atoms with Gasteiger partial charge in [0, 0.05) is 18.0 Å². The van der Waals surface area contributed by atoms with Gasteiger partial charge >= 0.3 is 0 Å². The monoisotopic (exact) mass is 298 g/mol. The number of hydrogen-bond acceptors (Lipinski definition) is 3. The molecule has 1 atom stereocenters. The molecule has 0 saturated heterocycles. The second-order valence-electron chi connectivity index (χ2n) is 6.14. The first kappa shape index (κ1) is 15.0. The van der Waals surface area contributed by atoms with Crippen molar-refractivity contribution in [3.8, 4) is 0 Å². The molecule has 1 aliphatic carbocycles. The van der Waals surface area contributed by atoms with Crippen LogP contribution in [-0.2, 0) is 4.79 Å². The summed E-state index contributed by atoms with van der Waals surface area (Å²) in [6.45, 7) is 2.00. The zero-order valence-corrected chi connectivity index (χ0v) is 12.8. The number of amides is 1. The van der Waals surface area contributed by atoms with E-state index in [9.17, 15) is 9.90 Å². The van der Waals surface area contributed by atoms with Crippen molar-refractivity contribution in [2.24, 2.45) is 5.92 Å². The molecule has 0 bridgehead atoms. The summed E-state index contributed by atoms with van der Waals surface area (Å²) in [5, 5.41) is 13.8. The van der Waals surface area contributed by atoms with Gasteiger partial charge in [-0.05, 0) is 42.9 Å². The van der Waals surface area contributed by atoms with E-state index in [1.165, 1.54) is 0 Å². The fraction of sp³-hybridized carbons (Fsp3) is 0.444. The zero-order chi connectivity index (χ0) is 15.5. The molecule has 3 rings (SSSR count). The number of hydrogen-bond donors (Lipinski definition) is 2. The molecule has 4 heteroatoms. The SMILES string of the molecule is CCCC(=O)N[C@H](c1cnc2ccccc2c1)C1CC(O)C1. The number of nitrogens with zero attached hydrogens (tertiary/aromatic N) is 1. The first-order chi connectivity index (χ1) is 10.7. The van der Waals surface area contributed by atoms with Crippen LogP contribution in [0.5, 0.6) is 0 Å². The predicted octanol–water partition coefficient (Wildman–Crippen LogP) is 2.96. The van der Waals surface area contributed by atoms with Gasteiger partial charge in [0.2, 0.25) is 5.91 Å². The van der Waals surface area contributed by atoms with Crippen LogP contribution in [0.2, 0.25) is 0 Å². The Kier molecular flexibility index (Phi) is 4.39. The maximum absolute atomic E-state index is 12.0. The Morgan fingerprint density at radius 2 is 2.18 bits per heavy atom. The molecule has 0 aliphatic heterocycles. The average Bonchev–Trinajstić information content (AvgIpc) is 2.50. The molecule has 1 saturated carbocycles. The lowest BCUT2D eigenvalue weighted by Crippen LogP contribution is -2.41. The second kappa shape index (κ2) is 6.44. The number of para-hydroxylation sites is 1. The molecule has 4 nitrogen and oxygen atoms in total. The van der Waals surface area contributed by atoms with Crippen molar-refractivity contribution in [2.75, 3.05) is 0 Å². The Bertz CT molecular complexity index is 665. The van der Waals surface area contributed by atoms with Gasteiger partial charge in [-0.25, -0.2) is 0 Å². The smallest absolute Gasteiger partial charge is 0.220 e. The zero-order valence-electron chi connectivity index (χ0n) is 12.8. The van der Waals surface area contributed by atoms with Crippen LogP contribution in [0.1, 0.15) is 44.2 Å². The normalized spacial score (nSPS) is 22.1. The molecule has 1 heterocycles. The lowest BCUT2D eigenvalue weighted by Gasteiger charge is -2.38. The fourth-order valence-corrected chi connectivity index (χ4v) is 3.11. The third-order valence-electron chi connectivity index (χ3n) is 4.39. The van der Waals surface area contributed by atoms with Crippen molar-refractivity contribution in [2.45, 2.75) is 44.8 Å². The largest absolute Gasteiger partial charge is 0.393 e. The van der Waals surface area contributed by atoms with Crippen molar-refractivity contribution in [3.63, 3.8) is 0 Å². The van der Waals surface area contributed by atoms with Crippen molar-refractivity contribution >= 4 is 16.8 Å². The van der Waals surface area contributed by atoms with Crippen LogP contribution < -0.4 is 5.32 Å². The molecule has 1 aromatic carbocycles. The minimum Gasteiger partial charge on any atom is -0.393 e. The van der Waals surface area contributed by atoms with Gasteiger partial charge in [0.25, 0.3) is 0 Å². The van der Waals surface area contributed by atoms with E-state index in [-0.39, 0.29) is 18.1 Å². The number of rotatable bonds is 5. The van der Waals surface area contributed by atoms with Gasteiger partial charge in [-0.3, -0.25) is 9.78 Å². The lowest BCUT2D eigenvalue weighted by atomic mass is 9.75. The number of aromatic nitrogens is 1. The van der Waals surface area contributed by atoms with E-state index in [4.69, 9.17) is 0 Å². The van der Waals surface area contributed by atoms with Crippen molar-refractivity contribution in [1.82, 2.24) is 10.3 Å². The topological polar surface area (TPSA) is 62.2 Å². The molecule has 1 aromatic heterocycles. The van der Waals surface area contributed by atoms with Gasteiger partial charge in [0.15, 0.2) is 0 Å². The number of benzene rings is 1. The summed E-state index contributed by atoms with van der Waals surface area (Å²) in [5.41, 5.74) is 1.98. The summed E-state index contributed by atoms with van der Waals surface area (Å²) in [6.07, 6.45) is 4.47. The van der Waals surface area contributed by atoms with Gasteiger partial charge in [-0.15, -0.1) is 0 Å². The lowest BCUT2D eigenvalue weighted by molar-refractivity contribution is -0.123. The van der Waals surface area contributed by atoms with Crippen LogP contribution >= 0.6 is 0 Å². The molecule has 0 unspecified atom stereocenters. The third-order valence-corrected chi connectivity index (χ3v) is 4.39. The molecule has 2 aromatic rings. The molecule has 116 valence electrons. The highest BCUT2D eigenvalue weighted by Gasteiger charge is 2.35. The van der Waals surface area contributed by atoms with Gasteiger partial charge in [-0.2, -0.15) is 0 Å². The maximum Gasteiger partial charge on any atom is 0.220 e. The molecule has 2 N–H and O–H groups in total. The number of fused-ring (bicyclic) bond motifs is 1. The van der Waals surface area contributed by atoms with Gasteiger partial charge in [-0.1, -0.05) is 25.1 Å². The quantitative estimate of drug-likeness (QED) is 0.892. The molecule has 1 fully saturated rings. The molecule has 1 amide bonds. The highest BCUT2D eigenvalue weighted by Crippen LogP contribution is 2.38. The average molecular weight is 298 g/mol.